The molecule has 1 aromatic rings. The second kappa shape index (κ2) is 7.55. The van der Waals surface area contributed by atoms with Crippen LogP contribution in [-0.4, -0.2) is 42.2 Å². The van der Waals surface area contributed by atoms with E-state index in [1.54, 1.807) is 24.1 Å². The standard InChI is InChI=1S/C18H26N2O4/c1-18(2,3)24-16(21)14-10-7-8-12-20(14)17(22)19-13-9-5-6-11-15(13)23-4/h5-6,9,11,14H,7-8,10,12H2,1-4H3,(H,19,22)/t14-/m1/s1. The molecule has 0 aliphatic carbocycles. The minimum atomic E-state index is -0.570. The average Bonchev–Trinajstić information content (AvgIpc) is 2.53. The fourth-order valence-corrected chi connectivity index (χ4v) is 2.72. The molecule has 1 saturated heterocycles. The van der Waals surface area contributed by atoms with Gasteiger partial charge in [0.2, 0.25) is 0 Å². The van der Waals surface area contributed by atoms with Crippen LogP contribution in [0.3, 0.4) is 0 Å². The van der Waals surface area contributed by atoms with Crippen molar-refractivity contribution in [1.82, 2.24) is 4.90 Å². The average molecular weight is 334 g/mol. The molecule has 6 heteroatoms. The van der Waals surface area contributed by atoms with Crippen molar-refractivity contribution in [3.05, 3.63) is 24.3 Å². The Kier molecular flexibility index (Phi) is 5.70. The van der Waals surface area contributed by atoms with Crippen LogP contribution in [0.2, 0.25) is 0 Å². The normalized spacial score (nSPS) is 18.0. The van der Waals surface area contributed by atoms with E-state index in [0.717, 1.165) is 12.8 Å². The van der Waals surface area contributed by atoms with Crippen molar-refractivity contribution < 1.29 is 19.1 Å². The highest BCUT2D eigenvalue weighted by Gasteiger charge is 2.35. The van der Waals surface area contributed by atoms with Gasteiger partial charge in [-0.05, 0) is 52.2 Å². The number of methoxy groups -OCH3 is 1. The molecule has 0 aromatic heterocycles. The van der Waals surface area contributed by atoms with E-state index in [4.69, 9.17) is 9.47 Å². The van der Waals surface area contributed by atoms with Crippen molar-refractivity contribution in [1.29, 1.82) is 0 Å². The number of para-hydroxylation sites is 2. The fourth-order valence-electron chi connectivity index (χ4n) is 2.72. The summed E-state index contributed by atoms with van der Waals surface area (Å²) < 4.78 is 10.7. The van der Waals surface area contributed by atoms with Crippen LogP contribution < -0.4 is 10.1 Å². The number of likely N-dealkylation sites (tertiary alicyclic amines) is 1. The lowest BCUT2D eigenvalue weighted by Crippen LogP contribution is -2.51. The first-order valence-electron chi connectivity index (χ1n) is 8.25. The molecule has 1 fully saturated rings. The summed E-state index contributed by atoms with van der Waals surface area (Å²) in [7, 11) is 1.55. The lowest BCUT2D eigenvalue weighted by atomic mass is 10.0. The minimum absolute atomic E-state index is 0.310. The first kappa shape index (κ1) is 18.1. The molecule has 1 aromatic carbocycles. The number of ether oxygens (including phenoxy) is 2. The van der Waals surface area contributed by atoms with Gasteiger partial charge in [0.1, 0.15) is 17.4 Å². The van der Waals surface area contributed by atoms with E-state index in [9.17, 15) is 9.59 Å². The summed E-state index contributed by atoms with van der Waals surface area (Å²) in [6.45, 7) is 6.01. The highest BCUT2D eigenvalue weighted by molar-refractivity contribution is 5.94. The topological polar surface area (TPSA) is 67.9 Å². The van der Waals surface area contributed by atoms with Crippen LogP contribution in [0.4, 0.5) is 10.5 Å². The lowest BCUT2D eigenvalue weighted by Gasteiger charge is -2.35. The smallest absolute Gasteiger partial charge is 0.329 e. The van der Waals surface area contributed by atoms with Crippen molar-refractivity contribution in [2.75, 3.05) is 19.0 Å². The molecule has 0 radical (unpaired) electrons. The number of amides is 2. The Balaban J connectivity index is 2.11. The number of piperidine rings is 1. The number of hydrogen-bond acceptors (Lipinski definition) is 4. The van der Waals surface area contributed by atoms with Crippen molar-refractivity contribution in [2.45, 2.75) is 51.7 Å². The van der Waals surface area contributed by atoms with Crippen LogP contribution in [-0.2, 0) is 9.53 Å². The van der Waals surface area contributed by atoms with Gasteiger partial charge >= 0.3 is 12.0 Å². The Labute approximate surface area is 143 Å². The van der Waals surface area contributed by atoms with E-state index in [2.05, 4.69) is 5.32 Å². The predicted octanol–water partition coefficient (Wildman–Crippen LogP) is 3.42. The van der Waals surface area contributed by atoms with Crippen LogP contribution in [0.5, 0.6) is 5.75 Å². The van der Waals surface area contributed by atoms with E-state index < -0.39 is 11.6 Å². The highest BCUT2D eigenvalue weighted by atomic mass is 16.6. The molecular weight excluding hydrogens is 308 g/mol. The van der Waals surface area contributed by atoms with Gasteiger partial charge in [0, 0.05) is 6.54 Å². The number of nitrogens with one attached hydrogen (secondary N) is 1. The molecule has 1 aliphatic rings. The van der Waals surface area contributed by atoms with Crippen LogP contribution in [0, 0.1) is 0 Å². The summed E-state index contributed by atoms with van der Waals surface area (Å²) in [6.07, 6.45) is 2.40. The number of hydrogen-bond donors (Lipinski definition) is 1. The van der Waals surface area contributed by atoms with Crippen molar-refractivity contribution in [3.63, 3.8) is 0 Å². The third-order valence-corrected chi connectivity index (χ3v) is 3.79. The molecule has 1 atom stereocenters. The molecule has 2 amide bonds. The minimum Gasteiger partial charge on any atom is -0.495 e. The van der Waals surface area contributed by atoms with Crippen molar-refractivity contribution >= 4 is 17.7 Å². The number of rotatable bonds is 3. The van der Waals surface area contributed by atoms with Gasteiger partial charge in [0.05, 0.1) is 12.8 Å². The highest BCUT2D eigenvalue weighted by Crippen LogP contribution is 2.26. The van der Waals surface area contributed by atoms with E-state index in [1.807, 2.05) is 32.9 Å². The number of carbonyl (C=O) groups is 2. The van der Waals surface area contributed by atoms with Crippen LogP contribution in [0.15, 0.2) is 24.3 Å². The predicted molar refractivity (Wildman–Crippen MR) is 92.2 cm³/mol. The summed E-state index contributed by atoms with van der Waals surface area (Å²) in [5, 5.41) is 2.83. The molecule has 0 unspecified atom stereocenters. The van der Waals surface area contributed by atoms with Crippen molar-refractivity contribution in [3.8, 4) is 5.75 Å². The lowest BCUT2D eigenvalue weighted by molar-refractivity contribution is -0.161. The first-order chi connectivity index (χ1) is 11.3. The molecule has 132 valence electrons. The monoisotopic (exact) mass is 334 g/mol. The maximum absolute atomic E-state index is 12.7. The molecule has 2 rings (SSSR count). The maximum Gasteiger partial charge on any atom is 0.329 e. The van der Waals surface area contributed by atoms with Gasteiger partial charge in [-0.1, -0.05) is 12.1 Å². The molecular formula is C18H26N2O4. The van der Waals surface area contributed by atoms with Crippen LogP contribution >= 0.6 is 0 Å². The molecule has 24 heavy (non-hydrogen) atoms. The van der Waals surface area contributed by atoms with E-state index in [1.165, 1.54) is 0 Å². The van der Waals surface area contributed by atoms with Gasteiger partial charge < -0.3 is 19.7 Å². The summed E-state index contributed by atoms with van der Waals surface area (Å²) in [5.41, 5.74) is 0.0118. The molecule has 0 spiro atoms. The second-order valence-electron chi connectivity index (χ2n) is 6.87. The number of nitrogens with zero attached hydrogens (tertiary/aromatic N) is 1. The van der Waals surface area contributed by atoms with E-state index in [-0.39, 0.29) is 12.0 Å². The molecule has 6 nitrogen and oxygen atoms in total. The number of benzene rings is 1. The Morgan fingerprint density at radius 2 is 1.92 bits per heavy atom. The number of urea groups is 1. The molecule has 0 saturated carbocycles. The summed E-state index contributed by atoms with van der Waals surface area (Å²) >= 11 is 0. The summed E-state index contributed by atoms with van der Waals surface area (Å²) in [4.78, 5) is 26.7. The summed E-state index contributed by atoms with van der Waals surface area (Å²) in [5.74, 6) is 0.231. The Morgan fingerprint density at radius 3 is 2.58 bits per heavy atom. The summed E-state index contributed by atoms with van der Waals surface area (Å²) in [6, 6.07) is 6.33. The van der Waals surface area contributed by atoms with Gasteiger partial charge in [0.15, 0.2) is 0 Å². The van der Waals surface area contributed by atoms with E-state index in [0.29, 0.717) is 24.4 Å². The molecule has 1 aliphatic heterocycles. The van der Waals surface area contributed by atoms with Crippen molar-refractivity contribution in [2.24, 2.45) is 0 Å². The maximum atomic E-state index is 12.7. The molecule has 1 N–H and O–H groups in total. The van der Waals surface area contributed by atoms with Crippen LogP contribution in [0.25, 0.3) is 0 Å². The van der Waals surface area contributed by atoms with Gasteiger partial charge in [-0.25, -0.2) is 9.59 Å². The van der Waals surface area contributed by atoms with Crippen LogP contribution in [0.1, 0.15) is 40.0 Å². The Bertz CT molecular complexity index is 595. The van der Waals surface area contributed by atoms with Gasteiger partial charge in [-0.15, -0.1) is 0 Å². The fraction of sp³-hybridized carbons (Fsp3) is 0.556. The molecule has 1 heterocycles. The molecule has 0 bridgehead atoms. The third-order valence-electron chi connectivity index (χ3n) is 3.79. The second-order valence-corrected chi connectivity index (χ2v) is 6.87. The number of anilines is 1. The third kappa shape index (κ3) is 4.63. The number of carbonyl (C=O) groups excluding carboxylic acids is 2. The van der Waals surface area contributed by atoms with Gasteiger partial charge in [-0.3, -0.25) is 0 Å². The zero-order valence-corrected chi connectivity index (χ0v) is 14.8. The van der Waals surface area contributed by atoms with Gasteiger partial charge in [-0.2, -0.15) is 0 Å². The largest absolute Gasteiger partial charge is 0.495 e. The quantitative estimate of drug-likeness (QED) is 0.860. The van der Waals surface area contributed by atoms with E-state index >= 15 is 0 Å². The zero-order valence-electron chi connectivity index (χ0n) is 14.8. The SMILES string of the molecule is COc1ccccc1NC(=O)N1CCCC[C@@H]1C(=O)OC(C)(C)C. The Morgan fingerprint density at radius 1 is 1.21 bits per heavy atom. The first-order valence-corrected chi connectivity index (χ1v) is 8.25. The number of esters is 1. The zero-order chi connectivity index (χ0) is 17.7. The Hall–Kier alpha value is -2.24. The van der Waals surface area contributed by atoms with Gasteiger partial charge in [0.25, 0.3) is 0 Å².